The Morgan fingerprint density at radius 2 is 2.40 bits per heavy atom. The lowest BCUT2D eigenvalue weighted by atomic mass is 10.1. The van der Waals surface area contributed by atoms with Gasteiger partial charge in [0, 0.05) is 6.04 Å². The zero-order valence-corrected chi connectivity index (χ0v) is 8.58. The van der Waals surface area contributed by atoms with E-state index in [0.717, 1.165) is 12.8 Å². The molecule has 3 atom stereocenters. The molecule has 0 radical (unpaired) electrons. The zero-order valence-electron chi connectivity index (χ0n) is 8.58. The highest BCUT2D eigenvalue weighted by atomic mass is 16.5. The van der Waals surface area contributed by atoms with E-state index in [1.54, 1.807) is 6.92 Å². The summed E-state index contributed by atoms with van der Waals surface area (Å²) in [5.74, 6) is 1.54. The summed E-state index contributed by atoms with van der Waals surface area (Å²) in [7, 11) is 0. The predicted octanol–water partition coefficient (Wildman–Crippen LogP) is -0.643. The van der Waals surface area contributed by atoms with Crippen LogP contribution in [0.25, 0.3) is 0 Å². The maximum atomic E-state index is 11.6. The first kappa shape index (κ1) is 10.2. The van der Waals surface area contributed by atoms with E-state index < -0.39 is 6.04 Å². The molecule has 0 aromatic carbocycles. The van der Waals surface area contributed by atoms with Crippen molar-refractivity contribution < 1.29 is 14.3 Å². The topological polar surface area (TPSA) is 67.4 Å². The molecule has 5 nitrogen and oxygen atoms in total. The van der Waals surface area contributed by atoms with Gasteiger partial charge in [0.15, 0.2) is 0 Å². The summed E-state index contributed by atoms with van der Waals surface area (Å²) < 4.78 is 4.94. The van der Waals surface area contributed by atoms with Gasteiger partial charge in [-0.3, -0.25) is 0 Å². The van der Waals surface area contributed by atoms with Gasteiger partial charge < -0.3 is 15.4 Å². The van der Waals surface area contributed by atoms with Gasteiger partial charge in [0.05, 0.1) is 12.6 Å². The van der Waals surface area contributed by atoms with E-state index in [-0.39, 0.29) is 18.1 Å². The van der Waals surface area contributed by atoms with Gasteiger partial charge in [-0.15, -0.1) is 0 Å². The number of fused-ring (bicyclic) bond motifs is 2. The molecule has 2 bridgehead atoms. The monoisotopic (exact) mass is 210 g/mol. The van der Waals surface area contributed by atoms with Crippen LogP contribution >= 0.6 is 0 Å². The maximum Gasteiger partial charge on any atom is 0.330 e. The van der Waals surface area contributed by atoms with Crippen LogP contribution < -0.4 is 10.6 Å². The SMILES string of the molecule is CCOC(=O)C1NC(=C=O)[C@H]2CC[C@@H]1N2. The summed E-state index contributed by atoms with van der Waals surface area (Å²) in [4.78, 5) is 22.2. The Morgan fingerprint density at radius 1 is 1.60 bits per heavy atom. The van der Waals surface area contributed by atoms with Crippen molar-refractivity contribution in [2.24, 2.45) is 0 Å². The number of hydrogen-bond acceptors (Lipinski definition) is 5. The molecule has 0 aliphatic carbocycles. The molecule has 2 rings (SSSR count). The van der Waals surface area contributed by atoms with Crippen LogP contribution in [0.4, 0.5) is 0 Å². The quantitative estimate of drug-likeness (QED) is 0.468. The largest absolute Gasteiger partial charge is 0.464 e. The van der Waals surface area contributed by atoms with Gasteiger partial charge >= 0.3 is 5.97 Å². The smallest absolute Gasteiger partial charge is 0.330 e. The van der Waals surface area contributed by atoms with Crippen molar-refractivity contribution in [1.82, 2.24) is 10.6 Å². The minimum absolute atomic E-state index is 0.0400. The van der Waals surface area contributed by atoms with Crippen LogP contribution in [0, 0.1) is 0 Å². The lowest BCUT2D eigenvalue weighted by Gasteiger charge is -2.30. The maximum absolute atomic E-state index is 11.6. The molecule has 0 amide bonds. The minimum Gasteiger partial charge on any atom is -0.464 e. The number of esters is 1. The Kier molecular flexibility index (Phi) is 2.75. The number of rotatable bonds is 2. The van der Waals surface area contributed by atoms with Crippen molar-refractivity contribution >= 4 is 11.9 Å². The number of ether oxygens (including phenoxy) is 1. The second-order valence-corrected chi connectivity index (χ2v) is 3.79. The van der Waals surface area contributed by atoms with E-state index in [2.05, 4.69) is 10.6 Å². The molecule has 2 aliphatic heterocycles. The van der Waals surface area contributed by atoms with Gasteiger partial charge in [-0.1, -0.05) is 0 Å². The summed E-state index contributed by atoms with van der Waals surface area (Å²) >= 11 is 0. The molecule has 0 aromatic heterocycles. The van der Waals surface area contributed by atoms with E-state index in [1.165, 1.54) is 0 Å². The number of carbonyl (C=O) groups is 1. The van der Waals surface area contributed by atoms with Gasteiger partial charge in [-0.25, -0.2) is 9.59 Å². The highest BCUT2D eigenvalue weighted by molar-refractivity contribution is 5.78. The van der Waals surface area contributed by atoms with Gasteiger partial charge in [0.1, 0.15) is 17.7 Å². The Hall–Kier alpha value is -1.32. The van der Waals surface area contributed by atoms with E-state index in [9.17, 15) is 9.59 Å². The molecular weight excluding hydrogens is 196 g/mol. The van der Waals surface area contributed by atoms with E-state index in [4.69, 9.17) is 4.74 Å². The summed E-state index contributed by atoms with van der Waals surface area (Å²) in [6, 6.07) is -0.329. The fraction of sp³-hybridized carbons (Fsp3) is 0.700. The molecule has 2 heterocycles. The Morgan fingerprint density at radius 3 is 3.07 bits per heavy atom. The van der Waals surface area contributed by atoms with Crippen LogP contribution in [-0.2, 0) is 14.3 Å². The highest BCUT2D eigenvalue weighted by Gasteiger charge is 2.42. The fourth-order valence-corrected chi connectivity index (χ4v) is 2.19. The number of nitrogens with one attached hydrogen (secondary N) is 2. The van der Waals surface area contributed by atoms with Crippen molar-refractivity contribution in [2.45, 2.75) is 37.9 Å². The standard InChI is InChI=1S/C10H14N2O3/c1-2-15-10(14)9-7-4-3-6(11-7)8(5-13)12-9/h6-7,9,11-12H,2-4H2,1H3/t6-,7+,9?/m1/s1. The Balaban J connectivity index is 2.12. The average Bonchev–Trinajstić information content (AvgIpc) is 2.63. The first-order valence-corrected chi connectivity index (χ1v) is 5.20. The number of piperazine rings is 1. The second-order valence-electron chi connectivity index (χ2n) is 3.79. The molecular formula is C10H14N2O3. The minimum atomic E-state index is -0.444. The Labute approximate surface area is 87.9 Å². The van der Waals surface area contributed by atoms with Gasteiger partial charge in [0.2, 0.25) is 0 Å². The van der Waals surface area contributed by atoms with Crippen molar-refractivity contribution in [3.05, 3.63) is 5.70 Å². The lowest BCUT2D eigenvalue weighted by molar-refractivity contribution is -0.146. The molecule has 2 aliphatic rings. The molecule has 82 valence electrons. The highest BCUT2D eigenvalue weighted by Crippen LogP contribution is 2.24. The zero-order chi connectivity index (χ0) is 10.8. The first-order valence-electron chi connectivity index (χ1n) is 5.20. The molecule has 2 saturated heterocycles. The summed E-state index contributed by atoms with van der Waals surface area (Å²) in [5.41, 5.74) is 0.446. The van der Waals surface area contributed by atoms with Crippen LogP contribution in [-0.4, -0.2) is 36.6 Å². The predicted molar refractivity (Wildman–Crippen MR) is 52.7 cm³/mol. The summed E-state index contributed by atoms with van der Waals surface area (Å²) in [6.07, 6.45) is 1.75. The molecule has 1 unspecified atom stereocenters. The van der Waals surface area contributed by atoms with Gasteiger partial charge in [-0.2, -0.15) is 0 Å². The molecule has 0 spiro atoms. The van der Waals surface area contributed by atoms with Crippen LogP contribution in [0.1, 0.15) is 19.8 Å². The third-order valence-electron chi connectivity index (χ3n) is 2.89. The average molecular weight is 210 g/mol. The van der Waals surface area contributed by atoms with Crippen molar-refractivity contribution in [1.29, 1.82) is 0 Å². The Bertz CT molecular complexity index is 323. The fourth-order valence-electron chi connectivity index (χ4n) is 2.19. The summed E-state index contributed by atoms with van der Waals surface area (Å²) in [6.45, 7) is 2.12. The first-order chi connectivity index (χ1) is 7.26. The third-order valence-corrected chi connectivity index (χ3v) is 2.89. The van der Waals surface area contributed by atoms with Crippen LogP contribution in [0.3, 0.4) is 0 Å². The van der Waals surface area contributed by atoms with E-state index >= 15 is 0 Å². The molecule has 2 N–H and O–H groups in total. The van der Waals surface area contributed by atoms with Crippen LogP contribution in [0.15, 0.2) is 5.70 Å². The second kappa shape index (κ2) is 4.04. The van der Waals surface area contributed by atoms with Crippen molar-refractivity contribution in [2.75, 3.05) is 6.61 Å². The van der Waals surface area contributed by atoms with Crippen LogP contribution in [0.5, 0.6) is 0 Å². The lowest BCUT2D eigenvalue weighted by Crippen LogP contribution is -2.58. The van der Waals surface area contributed by atoms with E-state index in [0.29, 0.717) is 12.3 Å². The summed E-state index contributed by atoms with van der Waals surface area (Å²) in [5, 5.41) is 6.12. The number of hydrogen-bond donors (Lipinski definition) is 2. The number of carbonyl (C=O) groups excluding carboxylic acids is 2. The van der Waals surface area contributed by atoms with Gasteiger partial charge in [0.25, 0.3) is 0 Å². The molecule has 0 aromatic rings. The van der Waals surface area contributed by atoms with Crippen molar-refractivity contribution in [3.63, 3.8) is 0 Å². The van der Waals surface area contributed by atoms with Crippen LogP contribution in [0.2, 0.25) is 0 Å². The molecule has 0 saturated carbocycles. The van der Waals surface area contributed by atoms with Crippen molar-refractivity contribution in [3.8, 4) is 0 Å². The molecule has 5 heteroatoms. The van der Waals surface area contributed by atoms with E-state index in [1.807, 2.05) is 5.94 Å². The molecule has 2 fully saturated rings. The molecule has 15 heavy (non-hydrogen) atoms. The normalized spacial score (nSPS) is 33.1. The van der Waals surface area contributed by atoms with Gasteiger partial charge in [-0.05, 0) is 19.8 Å². The third kappa shape index (κ3) is 1.76.